The number of piperidine rings is 1. The van der Waals surface area contributed by atoms with Gasteiger partial charge in [0.25, 0.3) is 5.91 Å². The molecule has 13 heavy (non-hydrogen) atoms. The molecule has 72 valence electrons. The smallest absolute Gasteiger partial charge is 0.253 e. The Morgan fingerprint density at radius 2 is 2.15 bits per heavy atom. The van der Waals surface area contributed by atoms with Crippen molar-refractivity contribution < 1.29 is 4.79 Å². The van der Waals surface area contributed by atoms with Gasteiger partial charge in [-0.15, -0.1) is 0 Å². The van der Waals surface area contributed by atoms with Gasteiger partial charge in [-0.25, -0.2) is 3.11 Å². The molecule has 1 amide bonds. The summed E-state index contributed by atoms with van der Waals surface area (Å²) in [7, 11) is 0. The number of nitrogens with zero attached hydrogens (tertiary/aromatic N) is 2. The van der Waals surface area contributed by atoms with Crippen molar-refractivity contribution in [3.05, 3.63) is 0 Å². The molecule has 5 heteroatoms. The third-order valence-electron chi connectivity index (χ3n) is 2.63. The minimum absolute atomic E-state index is 0.0921. The number of aliphatic imine (C=N–C) groups is 1. The van der Waals surface area contributed by atoms with E-state index in [-0.39, 0.29) is 5.91 Å². The van der Waals surface area contributed by atoms with Crippen LogP contribution in [0.4, 0.5) is 0 Å². The maximum Gasteiger partial charge on any atom is 0.253 e. The fourth-order valence-electron chi connectivity index (χ4n) is 1.87. The van der Waals surface area contributed by atoms with Crippen molar-refractivity contribution in [1.82, 2.24) is 8.43 Å². The summed E-state index contributed by atoms with van der Waals surface area (Å²) in [6.07, 6.45) is 1.69. The highest BCUT2D eigenvalue weighted by molar-refractivity contribution is 14.1. The first-order chi connectivity index (χ1) is 6.12. The first-order valence-electron chi connectivity index (χ1n) is 4.41. The van der Waals surface area contributed by atoms with E-state index in [1.807, 2.05) is 6.92 Å². The van der Waals surface area contributed by atoms with Crippen LogP contribution < -0.4 is 5.32 Å². The molecule has 0 unspecified atom stereocenters. The third-order valence-corrected chi connectivity index (χ3v) is 3.60. The zero-order valence-electron chi connectivity index (χ0n) is 7.51. The molecule has 0 atom stereocenters. The lowest BCUT2D eigenvalue weighted by Crippen LogP contribution is -2.46. The summed E-state index contributed by atoms with van der Waals surface area (Å²) in [6, 6.07) is 0. The summed E-state index contributed by atoms with van der Waals surface area (Å²) in [5.41, 5.74) is -0.425. The molecular formula is C8H12IN3O. The van der Waals surface area contributed by atoms with Crippen molar-refractivity contribution in [3.63, 3.8) is 0 Å². The summed E-state index contributed by atoms with van der Waals surface area (Å²) in [6.45, 7) is 3.75. The topological polar surface area (TPSA) is 44.7 Å². The molecule has 0 aromatic rings. The molecule has 0 aromatic carbocycles. The Kier molecular flexibility index (Phi) is 2.31. The summed E-state index contributed by atoms with van der Waals surface area (Å²) >= 11 is 2.29. The van der Waals surface area contributed by atoms with E-state index in [9.17, 15) is 4.79 Å². The standard InChI is InChI=1S/C8H12IN3O/c1-6-10-7(13)8(11-6)2-4-12(9)5-3-8/h2-5H2,1H3,(H,10,11,13). The molecular weight excluding hydrogens is 281 g/mol. The van der Waals surface area contributed by atoms with E-state index in [0.29, 0.717) is 0 Å². The molecule has 1 fully saturated rings. The number of hydrogen-bond acceptors (Lipinski definition) is 3. The average molecular weight is 293 g/mol. The van der Waals surface area contributed by atoms with Crippen molar-refractivity contribution in [1.29, 1.82) is 0 Å². The van der Waals surface area contributed by atoms with Crippen molar-refractivity contribution >= 4 is 34.6 Å². The zero-order chi connectivity index (χ0) is 9.47. The van der Waals surface area contributed by atoms with Gasteiger partial charge in [-0.3, -0.25) is 9.79 Å². The van der Waals surface area contributed by atoms with E-state index < -0.39 is 5.54 Å². The summed E-state index contributed by atoms with van der Waals surface area (Å²) in [5, 5.41) is 2.78. The number of carbonyl (C=O) groups excluding carboxylic acids is 1. The van der Waals surface area contributed by atoms with Gasteiger partial charge in [0.15, 0.2) is 0 Å². The highest BCUT2D eigenvalue weighted by atomic mass is 127. The summed E-state index contributed by atoms with van der Waals surface area (Å²) in [5.74, 6) is 0.862. The van der Waals surface area contributed by atoms with Crippen LogP contribution in [0.25, 0.3) is 0 Å². The molecule has 4 nitrogen and oxygen atoms in total. The van der Waals surface area contributed by atoms with Crippen LogP contribution in [0, 0.1) is 0 Å². The van der Waals surface area contributed by atoms with Crippen molar-refractivity contribution in [2.45, 2.75) is 25.3 Å². The molecule has 2 heterocycles. The van der Waals surface area contributed by atoms with E-state index in [0.717, 1.165) is 31.8 Å². The highest BCUT2D eigenvalue weighted by Gasteiger charge is 2.44. The van der Waals surface area contributed by atoms with E-state index in [2.05, 4.69) is 36.3 Å². The van der Waals surface area contributed by atoms with Crippen LogP contribution in [-0.4, -0.2) is 33.5 Å². The lowest BCUT2D eigenvalue weighted by Gasteiger charge is -2.31. The number of amides is 1. The average Bonchev–Trinajstić information content (AvgIpc) is 2.34. The molecule has 2 rings (SSSR count). The Bertz CT molecular complexity index is 269. The molecule has 0 radical (unpaired) electrons. The van der Waals surface area contributed by atoms with E-state index in [4.69, 9.17) is 0 Å². The Hall–Kier alpha value is -0.170. The van der Waals surface area contributed by atoms with Crippen LogP contribution in [0.15, 0.2) is 4.99 Å². The Balaban J connectivity index is 2.17. The minimum Gasteiger partial charge on any atom is -0.313 e. The van der Waals surface area contributed by atoms with Gasteiger partial charge in [-0.1, -0.05) is 0 Å². The normalized spacial score (nSPS) is 27.5. The molecule has 1 spiro atoms. The molecule has 0 aromatic heterocycles. The zero-order valence-corrected chi connectivity index (χ0v) is 9.67. The van der Waals surface area contributed by atoms with Gasteiger partial charge in [0.05, 0.1) is 0 Å². The predicted octanol–water partition coefficient (Wildman–Crippen LogP) is 0.719. The monoisotopic (exact) mass is 293 g/mol. The van der Waals surface area contributed by atoms with Gasteiger partial charge in [0.1, 0.15) is 11.4 Å². The Labute approximate surface area is 91.3 Å². The van der Waals surface area contributed by atoms with Crippen LogP contribution >= 0.6 is 22.9 Å². The quantitative estimate of drug-likeness (QED) is 0.528. The number of hydrogen-bond donors (Lipinski definition) is 1. The summed E-state index contributed by atoms with van der Waals surface area (Å²) in [4.78, 5) is 16.0. The minimum atomic E-state index is -0.425. The largest absolute Gasteiger partial charge is 0.313 e. The maximum absolute atomic E-state index is 11.6. The van der Waals surface area contributed by atoms with Gasteiger partial charge in [0.2, 0.25) is 0 Å². The SMILES string of the molecule is CC1=NC2(CCN(I)CC2)C(=O)N1. The van der Waals surface area contributed by atoms with Crippen LogP contribution in [0.2, 0.25) is 0 Å². The van der Waals surface area contributed by atoms with E-state index in [1.54, 1.807) is 0 Å². The molecule has 2 aliphatic heterocycles. The first-order valence-corrected chi connectivity index (χ1v) is 5.37. The van der Waals surface area contributed by atoms with E-state index >= 15 is 0 Å². The molecule has 1 saturated heterocycles. The summed E-state index contributed by atoms with van der Waals surface area (Å²) < 4.78 is 2.21. The van der Waals surface area contributed by atoms with Gasteiger partial charge in [-0.2, -0.15) is 0 Å². The number of nitrogens with one attached hydrogen (secondary N) is 1. The molecule has 0 saturated carbocycles. The van der Waals surface area contributed by atoms with Gasteiger partial charge in [-0.05, 0) is 19.8 Å². The Morgan fingerprint density at radius 3 is 2.62 bits per heavy atom. The molecule has 0 bridgehead atoms. The van der Waals surface area contributed by atoms with Crippen LogP contribution in [0.1, 0.15) is 19.8 Å². The molecule has 1 N–H and O–H groups in total. The van der Waals surface area contributed by atoms with Crippen molar-refractivity contribution in [3.8, 4) is 0 Å². The fourth-order valence-corrected chi connectivity index (χ4v) is 2.35. The first kappa shape index (κ1) is 9.39. The predicted molar refractivity (Wildman–Crippen MR) is 58.8 cm³/mol. The maximum atomic E-state index is 11.6. The number of halogens is 1. The van der Waals surface area contributed by atoms with Gasteiger partial charge in [0, 0.05) is 36.0 Å². The second-order valence-corrected chi connectivity index (χ2v) is 4.96. The van der Waals surface area contributed by atoms with Crippen LogP contribution in [0.5, 0.6) is 0 Å². The lowest BCUT2D eigenvalue weighted by atomic mass is 9.89. The van der Waals surface area contributed by atoms with Crippen LogP contribution in [-0.2, 0) is 4.79 Å². The second kappa shape index (κ2) is 3.20. The molecule has 0 aliphatic carbocycles. The van der Waals surface area contributed by atoms with Gasteiger partial charge >= 0.3 is 0 Å². The van der Waals surface area contributed by atoms with Crippen molar-refractivity contribution in [2.24, 2.45) is 4.99 Å². The number of carbonyl (C=O) groups is 1. The number of amidine groups is 1. The number of rotatable bonds is 0. The highest BCUT2D eigenvalue weighted by Crippen LogP contribution is 2.30. The second-order valence-electron chi connectivity index (χ2n) is 3.59. The lowest BCUT2D eigenvalue weighted by molar-refractivity contribution is -0.124. The van der Waals surface area contributed by atoms with Crippen LogP contribution in [0.3, 0.4) is 0 Å². The van der Waals surface area contributed by atoms with E-state index in [1.165, 1.54) is 0 Å². The Morgan fingerprint density at radius 1 is 1.54 bits per heavy atom. The van der Waals surface area contributed by atoms with Gasteiger partial charge < -0.3 is 5.32 Å². The molecule has 2 aliphatic rings. The fraction of sp³-hybridized carbons (Fsp3) is 0.750. The third kappa shape index (κ3) is 1.59. The van der Waals surface area contributed by atoms with Crippen molar-refractivity contribution in [2.75, 3.05) is 13.1 Å².